The summed E-state index contributed by atoms with van der Waals surface area (Å²) < 4.78 is 10.6. The average Bonchev–Trinajstić information content (AvgIpc) is 3.20. The molecule has 30 heavy (non-hydrogen) atoms. The number of nitrogens with zero attached hydrogens (tertiary/aromatic N) is 3. The fourth-order valence-electron chi connectivity index (χ4n) is 3.66. The number of carbonyl (C=O) groups is 1. The summed E-state index contributed by atoms with van der Waals surface area (Å²) in [4.78, 5) is 24.7. The van der Waals surface area contributed by atoms with E-state index in [1.165, 1.54) is 5.56 Å². The number of ether oxygens (including phenoxy) is 2. The lowest BCUT2D eigenvalue weighted by Crippen LogP contribution is -2.52. The second-order valence-electron chi connectivity index (χ2n) is 7.40. The van der Waals surface area contributed by atoms with E-state index in [9.17, 15) is 4.79 Å². The predicted octanol–water partition coefficient (Wildman–Crippen LogP) is 2.92. The third-order valence-electron chi connectivity index (χ3n) is 5.38. The molecule has 158 valence electrons. The molecule has 2 heterocycles. The van der Waals surface area contributed by atoms with Gasteiger partial charge in [-0.05, 0) is 42.3 Å². The highest BCUT2D eigenvalue weighted by Gasteiger charge is 2.23. The van der Waals surface area contributed by atoms with E-state index >= 15 is 0 Å². The molecule has 0 radical (unpaired) electrons. The van der Waals surface area contributed by atoms with Crippen LogP contribution in [0.4, 0.5) is 10.7 Å². The van der Waals surface area contributed by atoms with E-state index in [0.29, 0.717) is 31.1 Å². The molecule has 1 aromatic heterocycles. The molecule has 0 spiro atoms. The normalized spacial score (nSPS) is 14.1. The molecule has 8 heteroatoms. The molecule has 2 aromatic carbocycles. The van der Waals surface area contributed by atoms with Gasteiger partial charge in [0.1, 0.15) is 0 Å². The van der Waals surface area contributed by atoms with Gasteiger partial charge in [-0.3, -0.25) is 0 Å². The zero-order valence-corrected chi connectivity index (χ0v) is 17.6. The van der Waals surface area contributed by atoms with Crippen molar-refractivity contribution in [2.24, 2.45) is 0 Å². The van der Waals surface area contributed by atoms with Crippen LogP contribution in [-0.2, 0) is 6.54 Å². The number of benzene rings is 2. The Labute approximate surface area is 175 Å². The fraction of sp³-hybridized carbons (Fsp3) is 0.364. The van der Waals surface area contributed by atoms with Crippen LogP contribution in [0.25, 0.3) is 11.0 Å². The van der Waals surface area contributed by atoms with Gasteiger partial charge in [0, 0.05) is 32.7 Å². The third-order valence-corrected chi connectivity index (χ3v) is 5.38. The molecule has 0 atom stereocenters. The Morgan fingerprint density at radius 1 is 1.07 bits per heavy atom. The molecule has 0 unspecified atom stereocenters. The second-order valence-corrected chi connectivity index (χ2v) is 7.40. The van der Waals surface area contributed by atoms with Crippen LogP contribution in [0.1, 0.15) is 11.1 Å². The molecule has 1 aliphatic heterocycles. The van der Waals surface area contributed by atoms with Crippen LogP contribution in [0.15, 0.2) is 36.4 Å². The van der Waals surface area contributed by atoms with Crippen molar-refractivity contribution in [3.63, 3.8) is 0 Å². The quantitative estimate of drug-likeness (QED) is 0.677. The van der Waals surface area contributed by atoms with Gasteiger partial charge in [0.25, 0.3) is 0 Å². The Hall–Kier alpha value is -3.42. The minimum Gasteiger partial charge on any atom is -0.493 e. The first-order chi connectivity index (χ1) is 14.6. The van der Waals surface area contributed by atoms with Crippen LogP contribution in [-0.4, -0.2) is 61.3 Å². The lowest BCUT2D eigenvalue weighted by Gasteiger charge is -2.34. The van der Waals surface area contributed by atoms with Crippen molar-refractivity contribution in [2.75, 3.05) is 45.3 Å². The number of imidazole rings is 1. The standard InChI is InChI=1S/C22H27N5O3/c1-15-4-6-17-18(12-15)25-21(24-17)26-8-10-27(11-9-26)22(28)23-14-16-5-7-19(29-2)20(13-16)30-3/h4-7,12-13H,8-11,14H2,1-3H3,(H,23,28)(H,24,25). The Kier molecular flexibility index (Phi) is 5.65. The summed E-state index contributed by atoms with van der Waals surface area (Å²) in [7, 11) is 3.20. The van der Waals surface area contributed by atoms with E-state index in [1.807, 2.05) is 29.2 Å². The molecule has 0 aliphatic carbocycles. The predicted molar refractivity (Wildman–Crippen MR) is 116 cm³/mol. The Morgan fingerprint density at radius 2 is 1.83 bits per heavy atom. The van der Waals surface area contributed by atoms with E-state index in [-0.39, 0.29) is 6.03 Å². The number of aromatic nitrogens is 2. The summed E-state index contributed by atoms with van der Waals surface area (Å²) in [5.74, 6) is 2.18. The number of amides is 2. The van der Waals surface area contributed by atoms with Gasteiger partial charge in [0.15, 0.2) is 11.5 Å². The van der Waals surface area contributed by atoms with Crippen molar-refractivity contribution in [1.29, 1.82) is 0 Å². The van der Waals surface area contributed by atoms with Crippen molar-refractivity contribution in [3.8, 4) is 11.5 Å². The summed E-state index contributed by atoms with van der Waals surface area (Å²) >= 11 is 0. The van der Waals surface area contributed by atoms with Gasteiger partial charge in [-0.15, -0.1) is 0 Å². The lowest BCUT2D eigenvalue weighted by molar-refractivity contribution is 0.193. The monoisotopic (exact) mass is 409 g/mol. The molecule has 1 fully saturated rings. The van der Waals surface area contributed by atoms with Crippen molar-refractivity contribution < 1.29 is 14.3 Å². The first kappa shape index (κ1) is 19.9. The van der Waals surface area contributed by atoms with Gasteiger partial charge >= 0.3 is 6.03 Å². The van der Waals surface area contributed by atoms with Gasteiger partial charge < -0.3 is 29.6 Å². The minimum atomic E-state index is -0.0651. The molecule has 2 N–H and O–H groups in total. The summed E-state index contributed by atoms with van der Waals surface area (Å²) in [5.41, 5.74) is 4.16. The molecule has 0 saturated carbocycles. The Bertz CT molecular complexity index is 1040. The van der Waals surface area contributed by atoms with Crippen LogP contribution in [0.2, 0.25) is 0 Å². The summed E-state index contributed by atoms with van der Waals surface area (Å²) in [5, 5.41) is 2.99. The fourth-order valence-corrected chi connectivity index (χ4v) is 3.66. The van der Waals surface area contributed by atoms with E-state index < -0.39 is 0 Å². The van der Waals surface area contributed by atoms with E-state index in [1.54, 1.807) is 14.2 Å². The molecule has 1 saturated heterocycles. The molecular weight excluding hydrogens is 382 g/mol. The zero-order chi connectivity index (χ0) is 21.1. The van der Waals surface area contributed by atoms with Crippen molar-refractivity contribution in [2.45, 2.75) is 13.5 Å². The molecule has 8 nitrogen and oxygen atoms in total. The highest BCUT2D eigenvalue weighted by atomic mass is 16.5. The highest BCUT2D eigenvalue weighted by molar-refractivity contribution is 5.78. The molecular formula is C22H27N5O3. The summed E-state index contributed by atoms with van der Waals surface area (Å²) in [6.45, 7) is 5.27. The molecule has 0 bridgehead atoms. The topological polar surface area (TPSA) is 82.7 Å². The lowest BCUT2D eigenvalue weighted by atomic mass is 10.2. The highest BCUT2D eigenvalue weighted by Crippen LogP contribution is 2.27. The number of hydrogen-bond acceptors (Lipinski definition) is 5. The SMILES string of the molecule is COc1ccc(CNC(=O)N2CCN(c3nc4ccc(C)cc4[nH]3)CC2)cc1OC. The van der Waals surface area contributed by atoms with Gasteiger partial charge in [-0.25, -0.2) is 9.78 Å². The van der Waals surface area contributed by atoms with E-state index in [2.05, 4.69) is 39.2 Å². The van der Waals surface area contributed by atoms with Gasteiger partial charge in [0.05, 0.1) is 25.3 Å². The van der Waals surface area contributed by atoms with Crippen LogP contribution >= 0.6 is 0 Å². The van der Waals surface area contributed by atoms with Crippen molar-refractivity contribution in [1.82, 2.24) is 20.2 Å². The average molecular weight is 409 g/mol. The number of methoxy groups -OCH3 is 2. The number of H-pyrrole nitrogens is 1. The van der Waals surface area contributed by atoms with E-state index in [0.717, 1.165) is 35.6 Å². The summed E-state index contributed by atoms with van der Waals surface area (Å²) in [6, 6.07) is 11.8. The summed E-state index contributed by atoms with van der Waals surface area (Å²) in [6.07, 6.45) is 0. The number of urea groups is 1. The van der Waals surface area contributed by atoms with Crippen LogP contribution in [0.3, 0.4) is 0 Å². The first-order valence-electron chi connectivity index (χ1n) is 10.0. The van der Waals surface area contributed by atoms with Crippen molar-refractivity contribution >= 4 is 23.0 Å². The molecule has 2 amide bonds. The second kappa shape index (κ2) is 8.52. The van der Waals surface area contributed by atoms with Crippen LogP contribution in [0, 0.1) is 6.92 Å². The van der Waals surface area contributed by atoms with Gasteiger partial charge in [-0.2, -0.15) is 0 Å². The maximum atomic E-state index is 12.6. The number of nitrogens with one attached hydrogen (secondary N) is 2. The number of hydrogen-bond donors (Lipinski definition) is 2. The zero-order valence-electron chi connectivity index (χ0n) is 17.6. The van der Waals surface area contributed by atoms with Crippen molar-refractivity contribution in [3.05, 3.63) is 47.5 Å². The molecule has 3 aromatic rings. The smallest absolute Gasteiger partial charge is 0.317 e. The maximum absolute atomic E-state index is 12.6. The van der Waals surface area contributed by atoms with Crippen LogP contribution in [0.5, 0.6) is 11.5 Å². The largest absolute Gasteiger partial charge is 0.493 e. The van der Waals surface area contributed by atoms with Gasteiger partial charge in [0.2, 0.25) is 5.95 Å². The number of fused-ring (bicyclic) bond motifs is 1. The number of aromatic amines is 1. The Balaban J connectivity index is 1.31. The molecule has 4 rings (SSSR count). The number of carbonyl (C=O) groups excluding carboxylic acids is 1. The third kappa shape index (κ3) is 4.12. The number of rotatable bonds is 5. The van der Waals surface area contributed by atoms with Gasteiger partial charge in [-0.1, -0.05) is 12.1 Å². The van der Waals surface area contributed by atoms with Crippen LogP contribution < -0.4 is 19.7 Å². The number of anilines is 1. The Morgan fingerprint density at radius 3 is 2.57 bits per heavy atom. The minimum absolute atomic E-state index is 0.0651. The number of aryl methyl sites for hydroxylation is 1. The number of piperazine rings is 1. The van der Waals surface area contributed by atoms with E-state index in [4.69, 9.17) is 9.47 Å². The first-order valence-corrected chi connectivity index (χ1v) is 10.0. The maximum Gasteiger partial charge on any atom is 0.317 e. The molecule has 1 aliphatic rings.